The fourth-order valence-corrected chi connectivity index (χ4v) is 3.21. The quantitative estimate of drug-likeness (QED) is 0.594. The molecule has 1 aliphatic carbocycles. The summed E-state index contributed by atoms with van der Waals surface area (Å²) in [4.78, 5) is 0. The molecule has 17 heavy (non-hydrogen) atoms. The van der Waals surface area contributed by atoms with Gasteiger partial charge in [0.15, 0.2) is 0 Å². The van der Waals surface area contributed by atoms with Crippen LogP contribution in [-0.4, -0.2) is 12.1 Å². The highest BCUT2D eigenvalue weighted by Gasteiger charge is 2.21. The molecule has 1 rings (SSSR count). The van der Waals surface area contributed by atoms with Gasteiger partial charge in [-0.25, -0.2) is 0 Å². The van der Waals surface area contributed by atoms with Crippen LogP contribution in [-0.2, 0) is 0 Å². The molecule has 1 nitrogen and oxygen atoms in total. The zero-order chi connectivity index (χ0) is 12.5. The maximum absolute atomic E-state index is 3.84. The van der Waals surface area contributed by atoms with E-state index < -0.39 is 0 Å². The van der Waals surface area contributed by atoms with Crippen molar-refractivity contribution in [3.63, 3.8) is 0 Å². The van der Waals surface area contributed by atoms with Crippen molar-refractivity contribution in [2.75, 3.05) is 0 Å². The normalized spacial score (nSPS) is 27.0. The van der Waals surface area contributed by atoms with Gasteiger partial charge in [-0.3, -0.25) is 0 Å². The lowest BCUT2D eigenvalue weighted by atomic mass is 9.83. The first kappa shape index (κ1) is 15.0. The number of nitrogens with one attached hydrogen (secondary N) is 1. The van der Waals surface area contributed by atoms with Gasteiger partial charge < -0.3 is 5.32 Å². The Morgan fingerprint density at radius 1 is 1.00 bits per heavy atom. The summed E-state index contributed by atoms with van der Waals surface area (Å²) in [6.45, 7) is 6.97. The highest BCUT2D eigenvalue weighted by atomic mass is 14.9. The summed E-state index contributed by atoms with van der Waals surface area (Å²) in [5.74, 6) is 1.04. The minimum absolute atomic E-state index is 0.731. The van der Waals surface area contributed by atoms with Gasteiger partial charge in [0.25, 0.3) is 0 Å². The molecule has 0 aromatic rings. The summed E-state index contributed by atoms with van der Waals surface area (Å²) in [5, 5.41) is 3.84. The van der Waals surface area contributed by atoms with Crippen molar-refractivity contribution in [3.8, 4) is 0 Å². The highest BCUT2D eigenvalue weighted by molar-refractivity contribution is 4.79. The molecule has 1 heteroatoms. The van der Waals surface area contributed by atoms with E-state index >= 15 is 0 Å². The lowest BCUT2D eigenvalue weighted by molar-refractivity contribution is 0.262. The van der Waals surface area contributed by atoms with Crippen molar-refractivity contribution < 1.29 is 0 Å². The van der Waals surface area contributed by atoms with Crippen molar-refractivity contribution in [1.82, 2.24) is 5.32 Å². The van der Waals surface area contributed by atoms with E-state index in [1.54, 1.807) is 0 Å². The predicted molar refractivity (Wildman–Crippen MR) is 77.4 cm³/mol. The predicted octanol–water partition coefficient (Wildman–Crippen LogP) is 4.90. The molecule has 0 bridgehead atoms. The summed E-state index contributed by atoms with van der Waals surface area (Å²) in [5.41, 5.74) is 0. The van der Waals surface area contributed by atoms with Crippen molar-refractivity contribution in [2.24, 2.45) is 5.92 Å². The van der Waals surface area contributed by atoms with Crippen LogP contribution in [0.1, 0.15) is 85.0 Å². The van der Waals surface area contributed by atoms with Crippen molar-refractivity contribution in [1.29, 1.82) is 0 Å². The topological polar surface area (TPSA) is 12.0 Å². The van der Waals surface area contributed by atoms with Gasteiger partial charge in [0.1, 0.15) is 0 Å². The first-order valence-electron chi connectivity index (χ1n) is 8.02. The Bertz CT molecular complexity index is 170. The second kappa shape index (κ2) is 8.97. The molecule has 0 spiro atoms. The van der Waals surface area contributed by atoms with Crippen LogP contribution in [0.15, 0.2) is 0 Å². The molecule has 0 aromatic carbocycles. The van der Waals surface area contributed by atoms with E-state index in [2.05, 4.69) is 26.1 Å². The Kier molecular flexibility index (Phi) is 7.92. The van der Waals surface area contributed by atoms with E-state index in [1.807, 2.05) is 0 Å². The van der Waals surface area contributed by atoms with Gasteiger partial charge in [0, 0.05) is 12.1 Å². The molecule has 0 saturated heterocycles. The lowest BCUT2D eigenvalue weighted by Gasteiger charge is -2.31. The van der Waals surface area contributed by atoms with Crippen LogP contribution < -0.4 is 5.32 Å². The van der Waals surface area contributed by atoms with Crippen molar-refractivity contribution in [3.05, 3.63) is 0 Å². The van der Waals surface area contributed by atoms with E-state index in [0.717, 1.165) is 18.0 Å². The maximum atomic E-state index is 3.84. The maximum Gasteiger partial charge on any atom is 0.00697 e. The third-order valence-electron chi connectivity index (χ3n) is 4.30. The summed E-state index contributed by atoms with van der Waals surface area (Å²) < 4.78 is 0. The van der Waals surface area contributed by atoms with Gasteiger partial charge >= 0.3 is 0 Å². The molecular weight excluding hydrogens is 206 g/mol. The summed E-state index contributed by atoms with van der Waals surface area (Å²) >= 11 is 0. The van der Waals surface area contributed by atoms with Crippen LogP contribution in [0.3, 0.4) is 0 Å². The fraction of sp³-hybridized carbons (Fsp3) is 1.00. The van der Waals surface area contributed by atoms with Crippen LogP contribution in [0, 0.1) is 5.92 Å². The van der Waals surface area contributed by atoms with E-state index in [-0.39, 0.29) is 0 Å². The Labute approximate surface area is 109 Å². The van der Waals surface area contributed by atoms with E-state index in [0.29, 0.717) is 0 Å². The molecule has 1 aliphatic rings. The van der Waals surface area contributed by atoms with Crippen LogP contribution in [0.4, 0.5) is 0 Å². The Morgan fingerprint density at radius 3 is 2.29 bits per heavy atom. The number of unbranched alkanes of at least 4 members (excludes halogenated alkanes) is 2. The van der Waals surface area contributed by atoms with E-state index in [1.165, 1.54) is 64.2 Å². The largest absolute Gasteiger partial charge is 0.312 e. The van der Waals surface area contributed by atoms with Gasteiger partial charge in [-0.1, -0.05) is 46.0 Å². The molecule has 0 amide bonds. The van der Waals surface area contributed by atoms with Gasteiger partial charge in [-0.2, -0.15) is 0 Å². The number of hydrogen-bond acceptors (Lipinski definition) is 1. The lowest BCUT2D eigenvalue weighted by Crippen LogP contribution is -2.39. The summed E-state index contributed by atoms with van der Waals surface area (Å²) in [7, 11) is 0. The van der Waals surface area contributed by atoms with E-state index in [9.17, 15) is 0 Å². The second-order valence-corrected chi connectivity index (χ2v) is 6.07. The van der Waals surface area contributed by atoms with Crippen molar-refractivity contribution in [2.45, 2.75) is 97.1 Å². The smallest absolute Gasteiger partial charge is 0.00697 e. The second-order valence-electron chi connectivity index (χ2n) is 6.07. The minimum Gasteiger partial charge on any atom is -0.312 e. The molecule has 102 valence electrons. The SMILES string of the molecule is CCCCCC(C)NC1CCC(CCC)CC1. The third-order valence-corrected chi connectivity index (χ3v) is 4.30. The standard InChI is InChI=1S/C16H33N/c1-4-6-7-9-14(3)17-16-12-10-15(8-5-2)11-13-16/h14-17H,4-13H2,1-3H3. The fourth-order valence-electron chi connectivity index (χ4n) is 3.21. The highest BCUT2D eigenvalue weighted by Crippen LogP contribution is 2.28. The summed E-state index contributed by atoms with van der Waals surface area (Å²) in [6, 6.07) is 1.55. The monoisotopic (exact) mass is 239 g/mol. The van der Waals surface area contributed by atoms with Gasteiger partial charge in [-0.05, 0) is 44.9 Å². The average Bonchev–Trinajstić information content (AvgIpc) is 2.32. The Balaban J connectivity index is 2.08. The molecule has 0 aromatic heterocycles. The first-order chi connectivity index (χ1) is 8.26. The molecule has 1 N–H and O–H groups in total. The average molecular weight is 239 g/mol. The first-order valence-corrected chi connectivity index (χ1v) is 8.02. The van der Waals surface area contributed by atoms with Crippen molar-refractivity contribution >= 4 is 0 Å². The van der Waals surface area contributed by atoms with Crippen LogP contribution >= 0.6 is 0 Å². The Hall–Kier alpha value is -0.0400. The molecule has 1 saturated carbocycles. The van der Waals surface area contributed by atoms with Gasteiger partial charge in [-0.15, -0.1) is 0 Å². The molecule has 0 heterocycles. The van der Waals surface area contributed by atoms with Crippen LogP contribution in [0.2, 0.25) is 0 Å². The third kappa shape index (κ3) is 6.45. The Morgan fingerprint density at radius 2 is 1.71 bits per heavy atom. The minimum atomic E-state index is 0.731. The molecular formula is C16H33N. The molecule has 0 radical (unpaired) electrons. The molecule has 1 unspecified atom stereocenters. The number of rotatable bonds is 8. The summed E-state index contributed by atoms with van der Waals surface area (Å²) in [6.07, 6.45) is 14.1. The molecule has 0 aliphatic heterocycles. The molecule has 1 atom stereocenters. The zero-order valence-electron chi connectivity index (χ0n) is 12.3. The van der Waals surface area contributed by atoms with Gasteiger partial charge in [0.2, 0.25) is 0 Å². The molecule has 1 fully saturated rings. The van der Waals surface area contributed by atoms with Crippen LogP contribution in [0.5, 0.6) is 0 Å². The van der Waals surface area contributed by atoms with Crippen LogP contribution in [0.25, 0.3) is 0 Å². The van der Waals surface area contributed by atoms with Gasteiger partial charge in [0.05, 0.1) is 0 Å². The number of hydrogen-bond donors (Lipinski definition) is 1. The van der Waals surface area contributed by atoms with E-state index in [4.69, 9.17) is 0 Å². The zero-order valence-corrected chi connectivity index (χ0v) is 12.3.